The second-order valence-corrected chi connectivity index (χ2v) is 7.82. The number of halogens is 3. The Morgan fingerprint density at radius 1 is 1.25 bits per heavy atom. The summed E-state index contributed by atoms with van der Waals surface area (Å²) in [6.07, 6.45) is 2.48. The number of hydrogen-bond acceptors (Lipinski definition) is 2. The Kier molecular flexibility index (Phi) is 5.81. The third kappa shape index (κ3) is 5.54. The Balaban J connectivity index is 2.62. The molecule has 3 atom stereocenters. The zero-order chi connectivity index (χ0) is 15.6. The van der Waals surface area contributed by atoms with Gasteiger partial charge in [0.15, 0.2) is 0 Å². The fourth-order valence-electron chi connectivity index (χ4n) is 3.02. The first kappa shape index (κ1) is 17.7. The molecule has 1 rings (SSSR count). The van der Waals surface area contributed by atoms with Crippen LogP contribution < -0.4 is 0 Å². The van der Waals surface area contributed by atoms with E-state index in [4.69, 9.17) is 0 Å². The van der Waals surface area contributed by atoms with Crippen molar-refractivity contribution >= 4 is 17.7 Å². The van der Waals surface area contributed by atoms with E-state index < -0.39 is 17.4 Å². The van der Waals surface area contributed by atoms with Gasteiger partial charge in [0, 0.05) is 5.75 Å². The molecule has 0 radical (unpaired) electrons. The molecule has 1 aliphatic carbocycles. The minimum atomic E-state index is -4.23. The molecule has 6 heteroatoms. The predicted octanol–water partition coefficient (Wildman–Crippen LogP) is 4.79. The maximum atomic E-state index is 12.2. The van der Waals surface area contributed by atoms with Crippen molar-refractivity contribution in [3.8, 4) is 0 Å². The van der Waals surface area contributed by atoms with Gasteiger partial charge in [0.05, 0.1) is 5.92 Å². The molecule has 0 saturated heterocycles. The molecule has 0 aliphatic heterocycles. The van der Waals surface area contributed by atoms with Crippen molar-refractivity contribution in [1.82, 2.24) is 0 Å². The molecule has 2 nitrogen and oxygen atoms in total. The fourth-order valence-corrected chi connectivity index (χ4v) is 3.67. The first-order valence-electron chi connectivity index (χ1n) is 6.94. The van der Waals surface area contributed by atoms with Crippen LogP contribution >= 0.6 is 11.8 Å². The van der Waals surface area contributed by atoms with E-state index in [0.717, 1.165) is 12.8 Å². The SMILES string of the molecule is CC(C)(C)C1CCC(C(=O)O)C(CCSC(F)(F)F)C1. The lowest BCUT2D eigenvalue weighted by atomic mass is 9.65. The number of hydrogen-bond donors (Lipinski definition) is 1. The molecule has 0 spiro atoms. The smallest absolute Gasteiger partial charge is 0.441 e. The van der Waals surface area contributed by atoms with Crippen molar-refractivity contribution in [2.45, 2.75) is 52.0 Å². The topological polar surface area (TPSA) is 37.3 Å². The second-order valence-electron chi connectivity index (χ2n) is 6.66. The second kappa shape index (κ2) is 6.58. The fraction of sp³-hybridized carbons (Fsp3) is 0.929. The molecule has 0 aromatic heterocycles. The Morgan fingerprint density at radius 2 is 1.85 bits per heavy atom. The lowest BCUT2D eigenvalue weighted by Crippen LogP contribution is -2.35. The van der Waals surface area contributed by atoms with Crippen LogP contribution in [0.3, 0.4) is 0 Å². The summed E-state index contributed by atoms with van der Waals surface area (Å²) in [5.74, 6) is -1.14. The Hall–Kier alpha value is -0.390. The highest BCUT2D eigenvalue weighted by molar-refractivity contribution is 8.00. The third-order valence-electron chi connectivity index (χ3n) is 4.28. The van der Waals surface area contributed by atoms with Gasteiger partial charge in [-0.15, -0.1) is 0 Å². The maximum absolute atomic E-state index is 12.2. The van der Waals surface area contributed by atoms with Crippen LogP contribution in [0.5, 0.6) is 0 Å². The maximum Gasteiger partial charge on any atom is 0.441 e. The molecule has 0 heterocycles. The summed E-state index contributed by atoms with van der Waals surface area (Å²) in [4.78, 5) is 11.3. The number of carboxylic acid groups (broad SMARTS) is 1. The normalized spacial score (nSPS) is 28.4. The van der Waals surface area contributed by atoms with Gasteiger partial charge in [0.25, 0.3) is 0 Å². The molecule has 0 aromatic carbocycles. The molecule has 1 fully saturated rings. The largest absolute Gasteiger partial charge is 0.481 e. The summed E-state index contributed by atoms with van der Waals surface area (Å²) in [5, 5.41) is 9.23. The summed E-state index contributed by atoms with van der Waals surface area (Å²) in [6, 6.07) is 0. The van der Waals surface area contributed by atoms with E-state index >= 15 is 0 Å². The molecule has 0 aromatic rings. The van der Waals surface area contributed by atoms with E-state index in [0.29, 0.717) is 18.8 Å². The molecule has 20 heavy (non-hydrogen) atoms. The van der Waals surface area contributed by atoms with Crippen LogP contribution in [0.25, 0.3) is 0 Å². The Morgan fingerprint density at radius 3 is 2.30 bits per heavy atom. The van der Waals surface area contributed by atoms with E-state index in [2.05, 4.69) is 20.8 Å². The average molecular weight is 312 g/mol. The molecule has 3 unspecified atom stereocenters. The van der Waals surface area contributed by atoms with Crippen molar-refractivity contribution in [2.24, 2.45) is 23.2 Å². The van der Waals surface area contributed by atoms with Crippen LogP contribution in [0, 0.1) is 23.2 Å². The van der Waals surface area contributed by atoms with Crippen molar-refractivity contribution in [3.63, 3.8) is 0 Å². The number of alkyl halides is 3. The van der Waals surface area contributed by atoms with Crippen molar-refractivity contribution in [2.75, 3.05) is 5.75 Å². The minimum absolute atomic E-state index is 0.0432. The lowest BCUT2D eigenvalue weighted by molar-refractivity contribution is -0.146. The van der Waals surface area contributed by atoms with Crippen molar-refractivity contribution in [1.29, 1.82) is 0 Å². The number of thioether (sulfide) groups is 1. The summed E-state index contributed by atoms with van der Waals surface area (Å²) in [7, 11) is 0. The zero-order valence-corrected chi connectivity index (χ0v) is 13.0. The number of carboxylic acids is 1. The monoisotopic (exact) mass is 312 g/mol. The van der Waals surface area contributed by atoms with E-state index in [-0.39, 0.29) is 28.8 Å². The molecular weight excluding hydrogens is 289 g/mol. The van der Waals surface area contributed by atoms with Crippen molar-refractivity contribution in [3.05, 3.63) is 0 Å². The van der Waals surface area contributed by atoms with Crippen LogP contribution in [0.1, 0.15) is 46.5 Å². The highest BCUT2D eigenvalue weighted by Gasteiger charge is 2.39. The summed E-state index contributed by atoms with van der Waals surface area (Å²) >= 11 is -0.0432. The molecule has 118 valence electrons. The van der Waals surface area contributed by atoms with E-state index in [1.165, 1.54) is 0 Å². The average Bonchev–Trinajstić information content (AvgIpc) is 2.25. The molecule has 1 aliphatic rings. The zero-order valence-electron chi connectivity index (χ0n) is 12.2. The minimum Gasteiger partial charge on any atom is -0.481 e. The molecule has 0 bridgehead atoms. The van der Waals surface area contributed by atoms with Crippen LogP contribution in [0.2, 0.25) is 0 Å². The van der Waals surface area contributed by atoms with E-state index in [1.54, 1.807) is 0 Å². The van der Waals surface area contributed by atoms with Crippen LogP contribution in [0.15, 0.2) is 0 Å². The van der Waals surface area contributed by atoms with Gasteiger partial charge in [0.2, 0.25) is 0 Å². The summed E-state index contributed by atoms with van der Waals surface area (Å²) in [5.41, 5.74) is -4.14. The standard InChI is InChI=1S/C14H23F3O2S/c1-13(2,3)10-4-5-11(12(18)19)9(8-10)6-7-20-14(15,16)17/h9-11H,4-8H2,1-3H3,(H,18,19). The highest BCUT2D eigenvalue weighted by atomic mass is 32.2. The van der Waals surface area contributed by atoms with Crippen LogP contribution in [0.4, 0.5) is 13.2 Å². The Bertz CT molecular complexity index is 336. The van der Waals surface area contributed by atoms with Gasteiger partial charge in [-0.3, -0.25) is 4.79 Å². The molecule has 0 amide bonds. The number of carbonyl (C=O) groups is 1. The van der Waals surface area contributed by atoms with E-state index in [1.807, 2.05) is 0 Å². The van der Waals surface area contributed by atoms with Crippen molar-refractivity contribution < 1.29 is 23.1 Å². The first-order valence-corrected chi connectivity index (χ1v) is 7.93. The summed E-state index contributed by atoms with van der Waals surface area (Å²) in [6.45, 7) is 6.33. The van der Waals surface area contributed by atoms with Gasteiger partial charge in [-0.25, -0.2) is 0 Å². The lowest BCUT2D eigenvalue weighted by Gasteiger charge is -2.40. The third-order valence-corrected chi connectivity index (χ3v) is 5.05. The molecular formula is C14H23F3O2S. The van der Waals surface area contributed by atoms with Gasteiger partial charge in [-0.2, -0.15) is 13.2 Å². The van der Waals surface area contributed by atoms with Crippen LogP contribution in [-0.4, -0.2) is 22.3 Å². The van der Waals surface area contributed by atoms with E-state index in [9.17, 15) is 23.1 Å². The summed E-state index contributed by atoms with van der Waals surface area (Å²) < 4.78 is 36.5. The van der Waals surface area contributed by atoms with Gasteiger partial charge < -0.3 is 5.11 Å². The van der Waals surface area contributed by atoms with Gasteiger partial charge in [-0.05, 0) is 42.9 Å². The van der Waals surface area contributed by atoms with Crippen LogP contribution in [-0.2, 0) is 4.79 Å². The molecule has 1 saturated carbocycles. The van der Waals surface area contributed by atoms with Gasteiger partial charge >= 0.3 is 11.5 Å². The van der Waals surface area contributed by atoms with Gasteiger partial charge in [-0.1, -0.05) is 32.5 Å². The van der Waals surface area contributed by atoms with Gasteiger partial charge in [0.1, 0.15) is 0 Å². The first-order chi connectivity index (χ1) is 9.00. The predicted molar refractivity (Wildman–Crippen MR) is 74.5 cm³/mol. The number of rotatable bonds is 4. The molecule has 1 N–H and O–H groups in total. The quantitative estimate of drug-likeness (QED) is 0.810. The Labute approximate surface area is 122 Å². The highest BCUT2D eigenvalue weighted by Crippen LogP contribution is 2.45. The number of aliphatic carboxylic acids is 1.